The summed E-state index contributed by atoms with van der Waals surface area (Å²) in [7, 11) is -4.49. The van der Waals surface area contributed by atoms with Crippen molar-refractivity contribution in [1.82, 2.24) is 0 Å². The van der Waals surface area contributed by atoms with Gasteiger partial charge in [0, 0.05) is 0 Å². The molecule has 0 radical (unpaired) electrons. The van der Waals surface area contributed by atoms with E-state index < -0.39 is 10.1 Å². The molecule has 0 heterocycles. The van der Waals surface area contributed by atoms with Gasteiger partial charge in [0.2, 0.25) is 0 Å². The number of rotatable bonds is 27. The fourth-order valence-corrected chi connectivity index (χ4v) is 7.04. The Hall–Kier alpha value is -0.390. The molecule has 0 bridgehead atoms. The predicted molar refractivity (Wildman–Crippen MR) is 181 cm³/mol. The summed E-state index contributed by atoms with van der Waals surface area (Å²) in [5, 5.41) is 1.91. The zero-order chi connectivity index (χ0) is 30.3. The topological polar surface area (TPSA) is 57.2 Å². The minimum Gasteiger partial charge on any atom is -0.744 e. The molecule has 0 amide bonds. The SMILES string of the molecule is CCCCCCCCCCCCCCc1ccc2cc(CCCCCCCCCCCCCC)c(S(=O)(=O)[O-])cc2c1.[Na+]. The summed E-state index contributed by atoms with van der Waals surface area (Å²) < 4.78 is 36.4. The third-order valence-corrected chi connectivity index (χ3v) is 9.89. The van der Waals surface area contributed by atoms with E-state index in [1.807, 2.05) is 6.07 Å². The molecule has 0 spiro atoms. The number of fused-ring (bicyclic) bond motifs is 1. The number of benzene rings is 2. The van der Waals surface area contributed by atoms with Crippen LogP contribution in [0.1, 0.15) is 179 Å². The van der Waals surface area contributed by atoms with Gasteiger partial charge in [-0.05, 0) is 59.7 Å². The number of unbranched alkanes of at least 4 members (excludes halogenated alkanes) is 22. The Morgan fingerprint density at radius 1 is 0.488 bits per heavy atom. The van der Waals surface area contributed by atoms with Gasteiger partial charge in [-0.25, -0.2) is 8.42 Å². The van der Waals surface area contributed by atoms with E-state index in [-0.39, 0.29) is 34.5 Å². The monoisotopic (exact) mass is 622 g/mol. The van der Waals surface area contributed by atoms with Crippen LogP contribution >= 0.6 is 0 Å². The van der Waals surface area contributed by atoms with Crippen molar-refractivity contribution < 1.29 is 42.5 Å². The number of hydrogen-bond donors (Lipinski definition) is 0. The van der Waals surface area contributed by atoms with Gasteiger partial charge in [-0.15, -0.1) is 0 Å². The normalized spacial score (nSPS) is 11.7. The number of aryl methyl sites for hydroxylation is 2. The molecule has 2 rings (SSSR count). The molecular formula is C38H63NaO3S. The first kappa shape index (κ1) is 40.6. The minimum atomic E-state index is -4.49. The molecule has 0 aliphatic rings. The zero-order valence-corrected chi connectivity index (χ0v) is 31.2. The summed E-state index contributed by atoms with van der Waals surface area (Å²) in [6.45, 7) is 4.53. The molecule has 2 aromatic carbocycles. The Morgan fingerprint density at radius 2 is 0.884 bits per heavy atom. The largest absolute Gasteiger partial charge is 1.00 e. The molecule has 0 saturated heterocycles. The molecule has 0 saturated carbocycles. The van der Waals surface area contributed by atoms with E-state index in [2.05, 4.69) is 32.0 Å². The van der Waals surface area contributed by atoms with Crippen molar-refractivity contribution in [1.29, 1.82) is 0 Å². The maximum Gasteiger partial charge on any atom is 1.00 e. The van der Waals surface area contributed by atoms with E-state index in [9.17, 15) is 13.0 Å². The zero-order valence-electron chi connectivity index (χ0n) is 28.4. The Labute approximate surface area is 288 Å². The molecule has 240 valence electrons. The fourth-order valence-electron chi connectivity index (χ4n) is 6.28. The summed E-state index contributed by atoms with van der Waals surface area (Å²) in [4.78, 5) is -0.0133. The first-order chi connectivity index (χ1) is 20.5. The molecule has 43 heavy (non-hydrogen) atoms. The van der Waals surface area contributed by atoms with Gasteiger partial charge < -0.3 is 4.55 Å². The fraction of sp³-hybridized carbons (Fsp3) is 0.737. The Balaban J connectivity index is 0.00000924. The minimum absolute atomic E-state index is 0. The first-order valence-electron chi connectivity index (χ1n) is 18.0. The van der Waals surface area contributed by atoms with Gasteiger partial charge in [0.25, 0.3) is 0 Å². The van der Waals surface area contributed by atoms with Crippen molar-refractivity contribution in [3.63, 3.8) is 0 Å². The quantitative estimate of drug-likeness (QED) is 0.0567. The molecule has 0 aromatic heterocycles. The molecule has 0 unspecified atom stereocenters. The van der Waals surface area contributed by atoms with E-state index >= 15 is 0 Å². The van der Waals surface area contributed by atoms with Crippen LogP contribution in [0.25, 0.3) is 10.8 Å². The van der Waals surface area contributed by atoms with Crippen molar-refractivity contribution >= 4 is 20.9 Å². The van der Waals surface area contributed by atoms with Gasteiger partial charge >= 0.3 is 29.6 Å². The molecule has 5 heteroatoms. The van der Waals surface area contributed by atoms with Crippen molar-refractivity contribution in [2.45, 2.75) is 186 Å². The third-order valence-electron chi connectivity index (χ3n) is 8.97. The second-order valence-corrected chi connectivity index (χ2v) is 14.2. The Morgan fingerprint density at radius 3 is 1.30 bits per heavy atom. The van der Waals surface area contributed by atoms with Crippen LogP contribution in [0.4, 0.5) is 0 Å². The van der Waals surface area contributed by atoms with E-state index in [4.69, 9.17) is 0 Å². The second-order valence-electron chi connectivity index (χ2n) is 12.9. The van der Waals surface area contributed by atoms with Gasteiger partial charge in [0.05, 0.1) is 4.90 Å². The van der Waals surface area contributed by atoms with E-state index in [0.29, 0.717) is 12.0 Å². The van der Waals surface area contributed by atoms with Crippen LogP contribution in [0, 0.1) is 0 Å². The molecule has 0 aliphatic carbocycles. The number of hydrogen-bond acceptors (Lipinski definition) is 3. The maximum absolute atomic E-state index is 12.1. The van der Waals surface area contributed by atoms with E-state index in [0.717, 1.165) is 36.5 Å². The molecule has 0 atom stereocenters. The van der Waals surface area contributed by atoms with Crippen LogP contribution in [-0.4, -0.2) is 13.0 Å². The van der Waals surface area contributed by atoms with Crippen molar-refractivity contribution in [2.24, 2.45) is 0 Å². The summed E-state index contributed by atoms with van der Waals surface area (Å²) in [5.74, 6) is 0. The van der Waals surface area contributed by atoms with Crippen LogP contribution in [0.15, 0.2) is 35.2 Å². The average molecular weight is 623 g/mol. The summed E-state index contributed by atoms with van der Waals surface area (Å²) in [6, 6.07) is 9.97. The molecule has 0 N–H and O–H groups in total. The van der Waals surface area contributed by atoms with Gasteiger partial charge in [0.15, 0.2) is 0 Å². The molecular weight excluding hydrogens is 559 g/mol. The van der Waals surface area contributed by atoms with E-state index in [1.54, 1.807) is 6.07 Å². The summed E-state index contributed by atoms with van der Waals surface area (Å²) in [5.41, 5.74) is 1.93. The van der Waals surface area contributed by atoms with Crippen molar-refractivity contribution in [2.75, 3.05) is 0 Å². The van der Waals surface area contributed by atoms with Crippen molar-refractivity contribution in [3.8, 4) is 0 Å². The molecule has 0 fully saturated rings. The summed E-state index contributed by atoms with van der Waals surface area (Å²) >= 11 is 0. The molecule has 3 nitrogen and oxygen atoms in total. The van der Waals surface area contributed by atoms with Gasteiger partial charge in [-0.3, -0.25) is 0 Å². The molecule has 2 aromatic rings. The smallest absolute Gasteiger partial charge is 0.744 e. The molecule has 0 aliphatic heterocycles. The van der Waals surface area contributed by atoms with Crippen LogP contribution < -0.4 is 29.6 Å². The average Bonchev–Trinajstić information content (AvgIpc) is 2.97. The Bertz CT molecular complexity index is 1070. The van der Waals surface area contributed by atoms with Gasteiger partial charge in [-0.2, -0.15) is 0 Å². The standard InChI is InChI=1S/C38H64O3S.Na/c1-3-5-7-9-11-13-15-17-19-21-23-25-27-34-29-30-35-32-36(38(42(39,40)41)33-37(35)31-34)28-26-24-22-20-18-16-14-12-10-8-6-4-2;/h29-33H,3-28H2,1-2H3,(H,39,40,41);/q;+1/p-1. The second kappa shape index (κ2) is 25.8. The van der Waals surface area contributed by atoms with Crippen LogP contribution in [0.2, 0.25) is 0 Å². The van der Waals surface area contributed by atoms with Gasteiger partial charge in [0.1, 0.15) is 10.1 Å². The van der Waals surface area contributed by atoms with Gasteiger partial charge in [-0.1, -0.05) is 173 Å². The van der Waals surface area contributed by atoms with Crippen LogP contribution in [-0.2, 0) is 23.0 Å². The predicted octanol–water partition coefficient (Wildman–Crippen LogP) is 9.24. The van der Waals surface area contributed by atoms with Crippen molar-refractivity contribution in [3.05, 3.63) is 41.5 Å². The summed E-state index contributed by atoms with van der Waals surface area (Å²) in [6.07, 6.45) is 33.0. The maximum atomic E-state index is 12.1. The Kier molecular flexibility index (Phi) is 24.3. The van der Waals surface area contributed by atoms with Crippen LogP contribution in [0.3, 0.4) is 0 Å². The first-order valence-corrected chi connectivity index (χ1v) is 19.4. The third kappa shape index (κ3) is 19.0. The van der Waals surface area contributed by atoms with E-state index in [1.165, 1.54) is 140 Å². The van der Waals surface area contributed by atoms with Crippen LogP contribution in [0.5, 0.6) is 0 Å².